The Morgan fingerprint density at radius 1 is 0.326 bits per heavy atom. The maximum atomic E-state index is 7.76. The first-order chi connectivity index (χ1) is 65.7. The van der Waals surface area contributed by atoms with Crippen LogP contribution in [0.3, 0.4) is 0 Å². The van der Waals surface area contributed by atoms with Crippen LogP contribution in [0.15, 0.2) is 271 Å². The summed E-state index contributed by atoms with van der Waals surface area (Å²) in [7, 11) is 20.4. The lowest BCUT2D eigenvalue weighted by Gasteiger charge is -2.26. The molecular formula is C84H142N46O8. The summed E-state index contributed by atoms with van der Waals surface area (Å²) in [5.41, 5.74) is 97.5. The van der Waals surface area contributed by atoms with E-state index in [1.54, 1.807) is 140 Å². The molecule has 0 aliphatic carbocycles. The summed E-state index contributed by atoms with van der Waals surface area (Å²) in [6, 6.07) is 33.8. The molecule has 0 radical (unpaired) electrons. The molecule has 54 heteroatoms. The third kappa shape index (κ3) is 58.1. The topological polar surface area (TPSA) is 904 Å². The van der Waals surface area contributed by atoms with Gasteiger partial charge in [0.2, 0.25) is 35.8 Å². The van der Waals surface area contributed by atoms with Crippen LogP contribution in [-0.2, 0) is 57.8 Å². The summed E-state index contributed by atoms with van der Waals surface area (Å²) in [6.45, 7) is 5.52. The number of guanidine groups is 18. The lowest BCUT2D eigenvalue weighted by atomic mass is 10.3. The third-order valence-corrected chi connectivity index (χ3v) is 17.1. The molecule has 138 heavy (non-hydrogen) atoms. The Bertz CT molecular complexity index is 5180. The van der Waals surface area contributed by atoms with E-state index in [2.05, 4.69) is 85.5 Å². The average Bonchev–Trinajstić information content (AvgIpc) is 0.917. The van der Waals surface area contributed by atoms with Gasteiger partial charge in [-0.05, 0) is 109 Å². The van der Waals surface area contributed by atoms with E-state index in [9.17, 15) is 0 Å². The molecule has 9 heterocycles. The molecule has 756 valence electrons. The highest BCUT2D eigenvalue weighted by molar-refractivity contribution is 5.99. The number of likely N-dealkylation sites (N-methyl/N-ethyl adjacent to an activating group) is 4. The van der Waals surface area contributed by atoms with Gasteiger partial charge >= 0.3 is 0 Å². The van der Waals surface area contributed by atoms with Crippen molar-refractivity contribution in [1.29, 1.82) is 21.6 Å². The normalized spacial score (nSPS) is 11.5. The first-order valence-corrected chi connectivity index (χ1v) is 42.0. The molecule has 43 N–H and O–H groups in total. The Balaban J connectivity index is 0.000000776. The number of hydrogen-bond acceptors (Lipinski definition) is 20. The van der Waals surface area contributed by atoms with Crippen molar-refractivity contribution < 1.29 is 35.3 Å². The first-order valence-electron chi connectivity index (χ1n) is 42.0. The van der Waals surface area contributed by atoms with Crippen LogP contribution in [-0.4, -0.2) is 290 Å². The Labute approximate surface area is 802 Å². The van der Waals surface area contributed by atoms with Gasteiger partial charge in [-0.2, -0.15) is 30.0 Å². The number of nitrogens with zero attached hydrogens (tertiary/aromatic N) is 21. The zero-order chi connectivity index (χ0) is 103. The fourth-order valence-electron chi connectivity index (χ4n) is 9.56. The number of H-pyrrole nitrogens is 1. The standard InChI is InChI=1S/C10H18N6.3C10H17N5O.4C9H15N5O.C8H13N5O/c1-16(2)10(12)15-9(11)14-7-5-8-4-3-6-13-8;1-13-9(11)14-10(12)15(2)6-5-8-4-3-7-16-8;1-14(10(13)15(2)9(11)12)6-5-8-4-3-7-16-8;1-13-10(14-9(11)12)15(2)6-5-8-4-3-7-16-8;1-12-8(10)14-9(11)13-5-4-7-3-2-6-15-7;1-14(9(12)13-8(10)11)5-4-7-3-2-6-15-7;1-14(8(10)11)9(12)13-5-4-7-3-2-6-15-7;1-12-9(14-8(10)11)13-5-4-7-3-2-6-15-7;9-7(10)13-8(11)12-4-3-6-2-1-5-14-6/h3-4,6,13H,5,7H2,1-2H3,(H4,11,12,14,15);3-4,7H,5-6H2,1-2H3,(H4,11,12,13,14);3-4,7,13H,5-6H2,1-2H3,(H3,11,12);3-4,7H,5-6H2,1-2H3,(H4,11,12,13,14);2-3,6H,4-5H2,1H3,(H5,10,11,12,13,14);2-3,6H,4-5H2,1H3,(H5,10,11,12,13);2-3,6H,4-5H2,1H3,(H3,10,11)(H2,12,13);2-3,6H,4-5H2,1H3,(H5,10,11,12,13,14);1-2,5H,3-4H2,(H6,9,10,11,12,13). The SMILES string of the molecule is CN(C(=N)N)C(N)=NCCc1ccco1.CN(C)C(N)=NC(N)=NCCc1ccc[nH]1.CN(CCc1ccco1)C(=N)N(C)C(=N)N.CN(CCc1ccco1)C(=N)N=C(N)N.CN=C(N)N=C(N)N(C)CCc1ccco1.CN=C(N)NC(N)=NCCc1ccco1.CN=C(N=C(N)N)N(C)CCc1ccco1.CN=C(N=C(N)N)NCCc1ccco1.NC(N)=NC(N)=NCCc1ccco1. The third-order valence-electron chi connectivity index (χ3n) is 17.1. The fraction of sp³-hybridized carbons (Fsp3) is 0.357. The minimum Gasteiger partial charge on any atom is -0.469 e. The van der Waals surface area contributed by atoms with Crippen LogP contribution in [0.25, 0.3) is 0 Å². The Morgan fingerprint density at radius 3 is 1.06 bits per heavy atom. The summed E-state index contributed by atoms with van der Waals surface area (Å²) >= 11 is 0. The van der Waals surface area contributed by atoms with E-state index < -0.39 is 0 Å². The molecule has 0 saturated carbocycles. The molecule has 0 aliphatic heterocycles. The Morgan fingerprint density at radius 2 is 0.696 bits per heavy atom. The number of furan rings is 8. The molecule has 0 unspecified atom stereocenters. The quantitative estimate of drug-likeness (QED) is 0.0216. The van der Waals surface area contributed by atoms with Gasteiger partial charge in [0.15, 0.2) is 71.5 Å². The van der Waals surface area contributed by atoms with Gasteiger partial charge in [0.1, 0.15) is 46.1 Å². The Kier molecular flexibility index (Phi) is 60.0. The van der Waals surface area contributed by atoms with Crippen molar-refractivity contribution in [1.82, 2.24) is 49.9 Å². The van der Waals surface area contributed by atoms with Crippen LogP contribution < -0.4 is 114 Å². The van der Waals surface area contributed by atoms with Gasteiger partial charge in [-0.25, -0.2) is 0 Å². The second kappa shape index (κ2) is 70.0. The van der Waals surface area contributed by atoms with Gasteiger partial charge in [-0.15, -0.1) is 0 Å². The molecule has 9 aromatic rings. The van der Waals surface area contributed by atoms with Crippen molar-refractivity contribution in [2.75, 3.05) is 143 Å². The highest BCUT2D eigenvalue weighted by Crippen LogP contribution is 2.09. The fourth-order valence-corrected chi connectivity index (χ4v) is 9.56. The van der Waals surface area contributed by atoms with E-state index in [-0.39, 0.29) is 83.4 Å². The monoisotopic (exact) mass is 1920 g/mol. The number of hydrogen-bond donors (Lipinski definition) is 25. The van der Waals surface area contributed by atoms with Crippen LogP contribution >= 0.6 is 0 Å². The molecule has 0 atom stereocenters. The van der Waals surface area contributed by atoms with Gasteiger partial charge in [0.05, 0.1) is 50.1 Å². The largest absolute Gasteiger partial charge is 0.469 e. The van der Waals surface area contributed by atoms with Crippen molar-refractivity contribution in [3.8, 4) is 0 Å². The first kappa shape index (κ1) is 118. The zero-order valence-electron chi connectivity index (χ0n) is 80.4. The lowest BCUT2D eigenvalue weighted by Crippen LogP contribution is -2.46. The molecule has 0 amide bonds. The van der Waals surface area contributed by atoms with E-state index in [0.29, 0.717) is 102 Å². The van der Waals surface area contributed by atoms with Gasteiger partial charge in [-0.3, -0.25) is 76.7 Å². The minimum atomic E-state index is -0.144. The van der Waals surface area contributed by atoms with Crippen molar-refractivity contribution in [3.05, 3.63) is 217 Å². The van der Waals surface area contributed by atoms with Crippen molar-refractivity contribution in [2.24, 2.45) is 173 Å². The van der Waals surface area contributed by atoms with Crippen LogP contribution in [0.4, 0.5) is 0 Å². The molecule has 54 nitrogen and oxygen atoms in total. The van der Waals surface area contributed by atoms with Crippen molar-refractivity contribution >= 4 is 107 Å². The van der Waals surface area contributed by atoms with Crippen LogP contribution in [0.2, 0.25) is 0 Å². The second-order valence-corrected chi connectivity index (χ2v) is 28.1. The molecule has 0 saturated heterocycles. The average molecular weight is 1920 g/mol. The van der Waals surface area contributed by atoms with E-state index in [1.807, 2.05) is 134 Å². The molecule has 0 fully saturated rings. The van der Waals surface area contributed by atoms with Gasteiger partial charge in [-0.1, -0.05) is 0 Å². The number of rotatable bonds is 27. The number of aromatic amines is 1. The smallest absolute Gasteiger partial charge is 0.223 e. The summed E-state index contributed by atoms with van der Waals surface area (Å²) in [4.78, 5) is 68.5. The molecular weight excluding hydrogens is 1780 g/mol. The zero-order valence-corrected chi connectivity index (χ0v) is 80.4. The summed E-state index contributed by atoms with van der Waals surface area (Å²) in [5, 5.41) is 35.2. The molecule has 9 rings (SSSR count). The van der Waals surface area contributed by atoms with Crippen LogP contribution in [0.5, 0.6) is 0 Å². The van der Waals surface area contributed by atoms with Crippen LogP contribution in [0, 0.1) is 21.6 Å². The number of nitrogens with two attached hydrogens (primary N) is 18. The summed E-state index contributed by atoms with van der Waals surface area (Å²) < 4.78 is 41.3. The highest BCUT2D eigenvalue weighted by atomic mass is 16.4. The predicted octanol–water partition coefficient (Wildman–Crippen LogP) is -1.04. The van der Waals surface area contributed by atoms with E-state index in [1.165, 1.54) is 9.80 Å². The number of nitrogens with one attached hydrogen (secondary N) is 7. The molecule has 0 bridgehead atoms. The van der Waals surface area contributed by atoms with Crippen molar-refractivity contribution in [3.63, 3.8) is 0 Å². The maximum Gasteiger partial charge on any atom is 0.223 e. The van der Waals surface area contributed by atoms with E-state index in [0.717, 1.165) is 90.4 Å². The van der Waals surface area contributed by atoms with Gasteiger partial charge in [0.25, 0.3) is 0 Å². The van der Waals surface area contributed by atoms with Gasteiger partial charge in [0, 0.05) is 213 Å². The molecule has 0 spiro atoms. The summed E-state index contributed by atoms with van der Waals surface area (Å²) in [5.74, 6) is 9.64. The minimum absolute atomic E-state index is 0.00505. The Hall–Kier alpha value is -17.8. The number of aliphatic imine (C=N–C) groups is 14. The highest BCUT2D eigenvalue weighted by Gasteiger charge is 2.14. The van der Waals surface area contributed by atoms with Gasteiger partial charge < -0.3 is 173 Å². The van der Waals surface area contributed by atoms with Crippen LogP contribution in [0.1, 0.15) is 51.8 Å². The number of aromatic nitrogens is 1. The van der Waals surface area contributed by atoms with Crippen molar-refractivity contribution in [2.45, 2.75) is 57.8 Å². The van der Waals surface area contributed by atoms with E-state index >= 15 is 0 Å². The second-order valence-electron chi connectivity index (χ2n) is 28.1. The maximum absolute atomic E-state index is 7.76. The lowest BCUT2D eigenvalue weighted by molar-refractivity contribution is 0.420. The molecule has 0 aliphatic rings. The summed E-state index contributed by atoms with van der Waals surface area (Å²) in [6.07, 6.45) is 21.5. The molecule has 9 aromatic heterocycles. The molecule has 0 aromatic carbocycles. The predicted molar refractivity (Wildman–Crippen MR) is 548 cm³/mol. The van der Waals surface area contributed by atoms with E-state index in [4.69, 9.17) is 160 Å².